The lowest BCUT2D eigenvalue weighted by Gasteiger charge is -2.10. The van der Waals surface area contributed by atoms with Crippen LogP contribution in [0.5, 0.6) is 0 Å². The molecule has 0 aliphatic heterocycles. The highest BCUT2D eigenvalue weighted by Crippen LogP contribution is 2.29. The Balaban J connectivity index is 1.29. The van der Waals surface area contributed by atoms with Crippen LogP contribution in [0.15, 0.2) is 146 Å². The normalized spacial score (nSPS) is 10.9. The largest absolute Gasteiger partial charge is 0.265 e. The number of nitrogens with zero attached hydrogens (tertiary/aromatic N) is 6. The summed E-state index contributed by atoms with van der Waals surface area (Å²) in [5, 5.41) is 0. The van der Waals surface area contributed by atoms with Gasteiger partial charge in [0, 0.05) is 53.2 Å². The molecule has 0 atom stereocenters. The Morgan fingerprint density at radius 2 is 0.810 bits per heavy atom. The monoisotopic (exact) mass is 540 g/mol. The molecule has 0 N–H and O–H groups in total. The summed E-state index contributed by atoms with van der Waals surface area (Å²) in [5.41, 5.74) is 9.03. The van der Waals surface area contributed by atoms with Crippen molar-refractivity contribution in [2.45, 2.75) is 0 Å². The summed E-state index contributed by atoms with van der Waals surface area (Å²) in [7, 11) is 0. The van der Waals surface area contributed by atoms with Gasteiger partial charge in [-0.15, -0.1) is 0 Å². The first kappa shape index (κ1) is 25.1. The molecule has 0 unspecified atom stereocenters. The second-order valence-electron chi connectivity index (χ2n) is 9.73. The number of hydrogen-bond acceptors (Lipinski definition) is 6. The summed E-state index contributed by atoms with van der Waals surface area (Å²) in [6.45, 7) is 0. The third kappa shape index (κ3) is 5.29. The number of rotatable bonds is 6. The minimum Gasteiger partial charge on any atom is -0.265 e. The molecule has 0 fully saturated rings. The molecule has 0 amide bonds. The second kappa shape index (κ2) is 11.3. The van der Waals surface area contributed by atoms with Crippen LogP contribution in [0.3, 0.4) is 0 Å². The van der Waals surface area contributed by atoms with E-state index < -0.39 is 0 Å². The van der Waals surface area contributed by atoms with E-state index in [1.165, 1.54) is 0 Å². The van der Waals surface area contributed by atoms with E-state index in [2.05, 4.69) is 39.2 Å². The molecular formula is C36H24N6. The molecule has 6 nitrogen and oxygen atoms in total. The number of hydrogen-bond donors (Lipinski definition) is 0. The van der Waals surface area contributed by atoms with Gasteiger partial charge in [-0.2, -0.15) is 0 Å². The van der Waals surface area contributed by atoms with Crippen molar-refractivity contribution in [3.05, 3.63) is 146 Å². The van der Waals surface area contributed by atoms with Gasteiger partial charge >= 0.3 is 0 Å². The third-order valence-corrected chi connectivity index (χ3v) is 7.03. The number of benzene rings is 3. The van der Waals surface area contributed by atoms with E-state index in [-0.39, 0.29) is 0 Å². The predicted molar refractivity (Wildman–Crippen MR) is 166 cm³/mol. The van der Waals surface area contributed by atoms with Gasteiger partial charge in [-0.25, -0.2) is 15.0 Å². The standard InChI is InChI=1S/C36H24N6/c1-2-21-39-33(5-1)28-10-16-31(17-11-28)36-41-34(29-12-6-25(7-13-29)27-18-22-37-23-19-27)40-35(42-36)30-14-8-26(9-15-30)32-4-3-20-38-24-32/h1-24H. The summed E-state index contributed by atoms with van der Waals surface area (Å²) >= 11 is 0. The van der Waals surface area contributed by atoms with Crippen molar-refractivity contribution >= 4 is 0 Å². The first-order chi connectivity index (χ1) is 20.8. The Morgan fingerprint density at radius 3 is 1.31 bits per heavy atom. The fourth-order valence-corrected chi connectivity index (χ4v) is 4.79. The molecule has 3 aromatic carbocycles. The van der Waals surface area contributed by atoms with E-state index >= 15 is 0 Å². The van der Waals surface area contributed by atoms with Crippen LogP contribution >= 0.6 is 0 Å². The molecule has 6 heteroatoms. The Kier molecular flexibility index (Phi) is 6.76. The Hall–Kier alpha value is -5.88. The van der Waals surface area contributed by atoms with Crippen molar-refractivity contribution in [1.29, 1.82) is 0 Å². The molecule has 0 spiro atoms. The van der Waals surface area contributed by atoms with Crippen LogP contribution in [0.2, 0.25) is 0 Å². The van der Waals surface area contributed by atoms with Gasteiger partial charge in [0.2, 0.25) is 0 Å². The van der Waals surface area contributed by atoms with Crippen molar-refractivity contribution in [3.8, 4) is 67.7 Å². The third-order valence-electron chi connectivity index (χ3n) is 7.03. The van der Waals surface area contributed by atoms with Crippen LogP contribution in [0, 0.1) is 0 Å². The summed E-state index contributed by atoms with van der Waals surface area (Å²) in [6, 6.07) is 38.5. The molecule has 0 radical (unpaired) electrons. The highest BCUT2D eigenvalue weighted by atomic mass is 15.0. The SMILES string of the molecule is c1ccc(-c2ccc(-c3nc(-c4ccc(-c5ccncc5)cc4)nc(-c4ccc(-c5cccnc5)cc4)n3)cc2)nc1. The zero-order valence-corrected chi connectivity index (χ0v) is 22.5. The number of pyridine rings is 3. The van der Waals surface area contributed by atoms with Crippen molar-refractivity contribution in [1.82, 2.24) is 29.9 Å². The zero-order chi connectivity index (χ0) is 28.1. The van der Waals surface area contributed by atoms with E-state index in [1.54, 1.807) is 24.8 Å². The average Bonchev–Trinajstić information content (AvgIpc) is 3.09. The van der Waals surface area contributed by atoms with Crippen molar-refractivity contribution in [2.24, 2.45) is 0 Å². The topological polar surface area (TPSA) is 77.3 Å². The smallest absolute Gasteiger partial charge is 0.164 e. The molecule has 4 heterocycles. The lowest BCUT2D eigenvalue weighted by molar-refractivity contribution is 1.07. The maximum Gasteiger partial charge on any atom is 0.164 e. The van der Waals surface area contributed by atoms with Crippen molar-refractivity contribution < 1.29 is 0 Å². The van der Waals surface area contributed by atoms with Crippen molar-refractivity contribution in [3.63, 3.8) is 0 Å². The minimum absolute atomic E-state index is 0.608. The first-order valence-electron chi connectivity index (χ1n) is 13.6. The van der Waals surface area contributed by atoms with Gasteiger partial charge in [0.25, 0.3) is 0 Å². The highest BCUT2D eigenvalue weighted by Gasteiger charge is 2.13. The second-order valence-corrected chi connectivity index (χ2v) is 9.73. The van der Waals surface area contributed by atoms with Gasteiger partial charge < -0.3 is 0 Å². The van der Waals surface area contributed by atoms with E-state index in [4.69, 9.17) is 15.0 Å². The molecule has 0 aliphatic rings. The molecular weight excluding hydrogens is 516 g/mol. The van der Waals surface area contributed by atoms with Gasteiger partial charge in [0.05, 0.1) is 5.69 Å². The number of aromatic nitrogens is 6. The minimum atomic E-state index is 0.608. The van der Waals surface area contributed by atoms with Crippen molar-refractivity contribution in [2.75, 3.05) is 0 Å². The molecule has 0 aliphatic carbocycles. The maximum atomic E-state index is 4.91. The van der Waals surface area contributed by atoms with Crippen LogP contribution in [-0.4, -0.2) is 29.9 Å². The predicted octanol–water partition coefficient (Wildman–Crippen LogP) is 8.06. The van der Waals surface area contributed by atoms with Gasteiger partial charge in [0.1, 0.15) is 0 Å². The molecule has 42 heavy (non-hydrogen) atoms. The highest BCUT2D eigenvalue weighted by molar-refractivity contribution is 5.72. The van der Waals surface area contributed by atoms with Crippen LogP contribution in [0.25, 0.3) is 67.7 Å². The molecule has 7 rings (SSSR count). The molecule has 198 valence electrons. The first-order valence-corrected chi connectivity index (χ1v) is 13.6. The fourth-order valence-electron chi connectivity index (χ4n) is 4.79. The van der Waals surface area contributed by atoms with E-state index in [1.807, 2.05) is 97.2 Å². The van der Waals surface area contributed by atoms with Gasteiger partial charge in [0.15, 0.2) is 17.5 Å². The van der Waals surface area contributed by atoms with Gasteiger partial charge in [-0.05, 0) is 52.6 Å². The molecule has 4 aromatic heterocycles. The summed E-state index contributed by atoms with van der Waals surface area (Å²) in [5.74, 6) is 1.83. The average molecular weight is 541 g/mol. The fraction of sp³-hybridized carbons (Fsp3) is 0. The summed E-state index contributed by atoms with van der Waals surface area (Å²) < 4.78 is 0. The molecule has 0 saturated carbocycles. The lowest BCUT2D eigenvalue weighted by atomic mass is 10.0. The summed E-state index contributed by atoms with van der Waals surface area (Å²) in [4.78, 5) is 27.6. The van der Waals surface area contributed by atoms with E-state index in [9.17, 15) is 0 Å². The van der Waals surface area contributed by atoms with Gasteiger partial charge in [-0.3, -0.25) is 15.0 Å². The maximum absolute atomic E-state index is 4.91. The quantitative estimate of drug-likeness (QED) is 0.212. The lowest BCUT2D eigenvalue weighted by Crippen LogP contribution is -2.00. The van der Waals surface area contributed by atoms with E-state index in [0.29, 0.717) is 17.5 Å². The van der Waals surface area contributed by atoms with Crippen LogP contribution in [0.1, 0.15) is 0 Å². The zero-order valence-electron chi connectivity index (χ0n) is 22.5. The Morgan fingerprint density at radius 1 is 0.310 bits per heavy atom. The van der Waals surface area contributed by atoms with Crippen LogP contribution in [0.4, 0.5) is 0 Å². The van der Waals surface area contributed by atoms with Gasteiger partial charge in [-0.1, -0.05) is 84.9 Å². The summed E-state index contributed by atoms with van der Waals surface area (Å²) in [6.07, 6.45) is 9.03. The Bertz CT molecular complexity index is 1680. The molecule has 7 aromatic rings. The van der Waals surface area contributed by atoms with E-state index in [0.717, 1.165) is 50.2 Å². The van der Waals surface area contributed by atoms with Crippen LogP contribution < -0.4 is 0 Å². The Labute approximate surface area is 243 Å². The van der Waals surface area contributed by atoms with Crippen LogP contribution in [-0.2, 0) is 0 Å². The molecule has 0 bridgehead atoms. The molecule has 0 saturated heterocycles.